The summed E-state index contributed by atoms with van der Waals surface area (Å²) in [6, 6.07) is 6.64. The van der Waals surface area contributed by atoms with E-state index in [2.05, 4.69) is 56.6 Å². The first-order valence-corrected chi connectivity index (χ1v) is 11.5. The van der Waals surface area contributed by atoms with Crippen molar-refractivity contribution in [3.8, 4) is 17.3 Å². The lowest BCUT2D eigenvalue weighted by atomic mass is 10.1. The molecule has 0 aliphatic carbocycles. The number of benzene rings is 1. The monoisotopic (exact) mass is 435 g/mol. The zero-order valence-corrected chi connectivity index (χ0v) is 18.3. The minimum Gasteiger partial charge on any atom is -0.310 e. The second-order valence-electron chi connectivity index (χ2n) is 8.47. The van der Waals surface area contributed by atoms with Crippen molar-refractivity contribution in [1.82, 2.24) is 24.6 Å². The maximum absolute atomic E-state index is 12.5. The largest absolute Gasteiger partial charge is 0.310 e. The molecule has 1 N–H and O–H groups in total. The van der Waals surface area contributed by atoms with E-state index < -0.39 is 0 Å². The Kier molecular flexibility index (Phi) is 5.34. The summed E-state index contributed by atoms with van der Waals surface area (Å²) in [5.41, 5.74) is 3.08. The fourth-order valence-electron chi connectivity index (χ4n) is 4.38. The van der Waals surface area contributed by atoms with Crippen LogP contribution in [0.2, 0.25) is 0 Å². The van der Waals surface area contributed by atoms with E-state index >= 15 is 0 Å². The first kappa shape index (κ1) is 20.0. The Morgan fingerprint density at radius 3 is 2.84 bits per heavy atom. The van der Waals surface area contributed by atoms with Crippen LogP contribution in [-0.2, 0) is 4.79 Å². The summed E-state index contributed by atoms with van der Waals surface area (Å²) < 4.78 is 3.14. The molecule has 4 heterocycles. The summed E-state index contributed by atoms with van der Waals surface area (Å²) in [4.78, 5) is 21.1. The lowest BCUT2D eigenvalue weighted by Gasteiger charge is -2.28. The van der Waals surface area contributed by atoms with Crippen molar-refractivity contribution in [1.29, 1.82) is 5.26 Å². The van der Waals surface area contributed by atoms with Gasteiger partial charge in [0.05, 0.1) is 28.4 Å². The molecular formula is C22H25N7OS. The highest BCUT2D eigenvalue weighted by Crippen LogP contribution is 2.32. The van der Waals surface area contributed by atoms with Crippen LogP contribution >= 0.6 is 11.3 Å². The van der Waals surface area contributed by atoms with Gasteiger partial charge in [-0.2, -0.15) is 10.4 Å². The zero-order chi connectivity index (χ0) is 21.4. The second-order valence-corrected chi connectivity index (χ2v) is 9.50. The third-order valence-corrected chi connectivity index (χ3v) is 7.25. The number of hydrogen-bond acceptors (Lipinski definition) is 7. The Morgan fingerprint density at radius 2 is 2.06 bits per heavy atom. The SMILES string of the molecule is CN1CCC(n2cc(-c3ccc4nc(NC(=O)[C@H]5CCN(C#N)C5)sc4c3)cn2)CC1. The van der Waals surface area contributed by atoms with Gasteiger partial charge < -0.3 is 15.1 Å². The predicted molar refractivity (Wildman–Crippen MR) is 121 cm³/mol. The average Bonchev–Trinajstić information content (AvgIpc) is 3.52. The fourth-order valence-corrected chi connectivity index (χ4v) is 5.28. The lowest BCUT2D eigenvalue weighted by Crippen LogP contribution is -2.31. The molecule has 0 bridgehead atoms. The number of amides is 1. The molecule has 31 heavy (non-hydrogen) atoms. The Morgan fingerprint density at radius 1 is 1.23 bits per heavy atom. The number of carbonyl (C=O) groups is 1. The Hall–Kier alpha value is -2.96. The molecule has 2 fully saturated rings. The third-order valence-electron chi connectivity index (χ3n) is 6.32. The number of nitrogens with zero attached hydrogens (tertiary/aromatic N) is 6. The molecule has 3 aromatic rings. The molecule has 0 saturated carbocycles. The molecule has 0 spiro atoms. The lowest BCUT2D eigenvalue weighted by molar-refractivity contribution is -0.119. The van der Waals surface area contributed by atoms with Crippen LogP contribution in [0.3, 0.4) is 0 Å². The maximum Gasteiger partial charge on any atom is 0.231 e. The van der Waals surface area contributed by atoms with Crippen LogP contribution in [0.1, 0.15) is 25.3 Å². The summed E-state index contributed by atoms with van der Waals surface area (Å²) in [5, 5.41) is 17.2. The van der Waals surface area contributed by atoms with E-state index in [9.17, 15) is 4.79 Å². The van der Waals surface area contributed by atoms with Gasteiger partial charge in [0.2, 0.25) is 5.91 Å². The Balaban J connectivity index is 1.30. The van der Waals surface area contributed by atoms with Gasteiger partial charge in [-0.05, 0) is 57.1 Å². The van der Waals surface area contributed by atoms with Crippen LogP contribution in [0.15, 0.2) is 30.6 Å². The van der Waals surface area contributed by atoms with E-state index in [1.807, 2.05) is 12.3 Å². The van der Waals surface area contributed by atoms with Crippen molar-refractivity contribution >= 4 is 32.6 Å². The zero-order valence-electron chi connectivity index (χ0n) is 17.5. The van der Waals surface area contributed by atoms with Gasteiger partial charge in [-0.25, -0.2) is 4.98 Å². The van der Waals surface area contributed by atoms with Crippen molar-refractivity contribution in [2.24, 2.45) is 5.92 Å². The second kappa shape index (κ2) is 8.29. The number of nitrogens with one attached hydrogen (secondary N) is 1. The van der Waals surface area contributed by atoms with E-state index in [1.165, 1.54) is 11.3 Å². The number of fused-ring (bicyclic) bond motifs is 1. The van der Waals surface area contributed by atoms with E-state index in [-0.39, 0.29) is 11.8 Å². The van der Waals surface area contributed by atoms with Gasteiger partial charge in [-0.15, -0.1) is 0 Å². The van der Waals surface area contributed by atoms with Gasteiger partial charge in [0.25, 0.3) is 0 Å². The summed E-state index contributed by atoms with van der Waals surface area (Å²) >= 11 is 1.48. The third kappa shape index (κ3) is 4.13. The minimum atomic E-state index is -0.160. The smallest absolute Gasteiger partial charge is 0.231 e. The molecule has 1 atom stereocenters. The van der Waals surface area contributed by atoms with Crippen molar-refractivity contribution in [3.63, 3.8) is 0 Å². The van der Waals surface area contributed by atoms with Crippen molar-refractivity contribution < 1.29 is 4.79 Å². The van der Waals surface area contributed by atoms with Crippen molar-refractivity contribution in [3.05, 3.63) is 30.6 Å². The number of piperidine rings is 1. The van der Waals surface area contributed by atoms with Gasteiger partial charge in [-0.1, -0.05) is 17.4 Å². The number of rotatable bonds is 4. The van der Waals surface area contributed by atoms with E-state index in [0.29, 0.717) is 30.7 Å². The normalized spacial score (nSPS) is 20.3. The number of thiazole rings is 1. The molecular weight excluding hydrogens is 410 g/mol. The maximum atomic E-state index is 12.5. The summed E-state index contributed by atoms with van der Waals surface area (Å²) in [6.07, 6.45) is 9.14. The highest BCUT2D eigenvalue weighted by atomic mass is 32.1. The first-order chi connectivity index (χ1) is 15.1. The van der Waals surface area contributed by atoms with Gasteiger partial charge in [0.15, 0.2) is 11.3 Å². The van der Waals surface area contributed by atoms with Gasteiger partial charge in [0.1, 0.15) is 0 Å². The first-order valence-electron chi connectivity index (χ1n) is 10.7. The number of hydrogen-bond donors (Lipinski definition) is 1. The standard InChI is InChI=1S/C22H25N7OS/c1-27-7-5-18(6-8-27)29-13-17(11-24-29)15-2-3-19-20(10-15)31-22(25-19)26-21(30)16-4-9-28(12-16)14-23/h2-3,10-11,13,16,18H,4-9,12H2,1H3,(H,25,26,30)/t16-/m0/s1. The van der Waals surface area contributed by atoms with Crippen molar-refractivity contribution in [2.75, 3.05) is 38.5 Å². The summed E-state index contributed by atoms with van der Waals surface area (Å²) in [7, 11) is 2.17. The predicted octanol–water partition coefficient (Wildman–Crippen LogP) is 3.17. The average molecular weight is 436 g/mol. The van der Waals surface area contributed by atoms with E-state index in [0.717, 1.165) is 47.3 Å². The van der Waals surface area contributed by atoms with Gasteiger partial charge in [-0.3, -0.25) is 9.48 Å². The van der Waals surface area contributed by atoms with E-state index in [1.54, 1.807) is 4.90 Å². The Bertz CT molecular complexity index is 1140. The Labute approximate surface area is 185 Å². The summed E-state index contributed by atoms with van der Waals surface area (Å²) in [6.45, 7) is 3.34. The highest BCUT2D eigenvalue weighted by molar-refractivity contribution is 7.22. The molecule has 2 aliphatic rings. The number of anilines is 1. The molecule has 2 saturated heterocycles. The van der Waals surface area contributed by atoms with Gasteiger partial charge in [0, 0.05) is 24.8 Å². The molecule has 160 valence electrons. The molecule has 1 aromatic carbocycles. The minimum absolute atomic E-state index is 0.0589. The molecule has 1 amide bonds. The molecule has 9 heteroatoms. The molecule has 2 aliphatic heterocycles. The van der Waals surface area contributed by atoms with Crippen LogP contribution in [0.4, 0.5) is 5.13 Å². The molecule has 8 nitrogen and oxygen atoms in total. The van der Waals surface area contributed by atoms with Crippen LogP contribution in [0.5, 0.6) is 0 Å². The number of aromatic nitrogens is 3. The van der Waals surface area contributed by atoms with Crippen LogP contribution < -0.4 is 5.32 Å². The topological polar surface area (TPSA) is 90.1 Å². The van der Waals surface area contributed by atoms with Crippen LogP contribution in [0.25, 0.3) is 21.3 Å². The molecule has 0 radical (unpaired) electrons. The molecule has 2 aromatic heterocycles. The highest BCUT2D eigenvalue weighted by Gasteiger charge is 2.28. The molecule has 5 rings (SSSR count). The quantitative estimate of drug-likeness (QED) is 0.633. The number of likely N-dealkylation sites (tertiary alicyclic amines) is 2. The van der Waals surface area contributed by atoms with E-state index in [4.69, 9.17) is 5.26 Å². The van der Waals surface area contributed by atoms with Crippen LogP contribution in [0, 0.1) is 17.4 Å². The number of carbonyl (C=O) groups excluding carboxylic acids is 1. The van der Waals surface area contributed by atoms with Crippen molar-refractivity contribution in [2.45, 2.75) is 25.3 Å². The summed E-state index contributed by atoms with van der Waals surface area (Å²) in [5.74, 6) is -0.218. The fraction of sp³-hybridized carbons (Fsp3) is 0.455. The van der Waals surface area contributed by atoms with Gasteiger partial charge >= 0.3 is 0 Å². The molecule has 0 unspecified atom stereocenters. The number of nitriles is 1. The van der Waals surface area contributed by atoms with Crippen LogP contribution in [-0.4, -0.2) is 63.7 Å².